The average Bonchev–Trinajstić information content (AvgIpc) is 2.03. The van der Waals surface area contributed by atoms with E-state index in [9.17, 15) is 0 Å². The highest BCUT2D eigenvalue weighted by atomic mass is 32.2. The molecule has 0 spiro atoms. The van der Waals surface area contributed by atoms with Crippen LogP contribution in [-0.4, -0.2) is 46.2 Å². The minimum Gasteiger partial charge on any atom is -0.395 e. The molecule has 0 amide bonds. The Hall–Kier alpha value is 0.270. The van der Waals surface area contributed by atoms with Crippen molar-refractivity contribution in [2.45, 2.75) is 31.6 Å². The Kier molecular flexibility index (Phi) is 3.44. The number of nitrogens with zero attached hydrogens (tertiary/aromatic N) is 1. The molecule has 1 aliphatic heterocycles. The van der Waals surface area contributed by atoms with Crippen LogP contribution in [0.1, 0.15) is 20.8 Å². The lowest BCUT2D eigenvalue weighted by Crippen LogP contribution is -2.49. The van der Waals surface area contributed by atoms with Gasteiger partial charge < -0.3 is 5.11 Å². The number of hydrogen-bond donors (Lipinski definition) is 1. The zero-order chi connectivity index (χ0) is 9.19. The Morgan fingerprint density at radius 2 is 2.17 bits per heavy atom. The van der Waals surface area contributed by atoms with Crippen LogP contribution < -0.4 is 0 Å². The molecule has 0 unspecified atom stereocenters. The zero-order valence-corrected chi connectivity index (χ0v) is 9.02. The molecule has 1 saturated heterocycles. The maximum atomic E-state index is 9.03. The first-order valence-corrected chi connectivity index (χ1v) is 5.56. The van der Waals surface area contributed by atoms with Gasteiger partial charge in [-0.3, -0.25) is 4.90 Å². The van der Waals surface area contributed by atoms with Crippen molar-refractivity contribution in [2.24, 2.45) is 0 Å². The zero-order valence-electron chi connectivity index (χ0n) is 8.21. The molecule has 0 bridgehead atoms. The molecule has 1 fully saturated rings. The minimum atomic E-state index is 0.258. The summed E-state index contributed by atoms with van der Waals surface area (Å²) in [5.74, 6) is 1.16. The van der Waals surface area contributed by atoms with Gasteiger partial charge in [0.25, 0.3) is 0 Å². The lowest BCUT2D eigenvalue weighted by Gasteiger charge is -2.40. The molecule has 1 heterocycles. The molecule has 1 aliphatic rings. The van der Waals surface area contributed by atoms with Crippen molar-refractivity contribution in [3.8, 4) is 0 Å². The van der Waals surface area contributed by atoms with Crippen molar-refractivity contribution in [3.05, 3.63) is 0 Å². The normalized spacial score (nSPS) is 27.5. The second-order valence-corrected chi connectivity index (χ2v) is 5.70. The largest absolute Gasteiger partial charge is 0.395 e. The van der Waals surface area contributed by atoms with Gasteiger partial charge in [-0.05, 0) is 20.8 Å². The fraction of sp³-hybridized carbons (Fsp3) is 1.00. The molecule has 0 saturated carbocycles. The van der Waals surface area contributed by atoms with Gasteiger partial charge in [0.05, 0.1) is 6.61 Å². The monoisotopic (exact) mass is 189 g/mol. The first-order valence-electron chi connectivity index (χ1n) is 4.51. The second-order valence-electron chi connectivity index (χ2n) is 4.29. The molecule has 2 nitrogen and oxygen atoms in total. The average molecular weight is 189 g/mol. The first-order chi connectivity index (χ1) is 5.54. The lowest BCUT2D eigenvalue weighted by molar-refractivity contribution is 0.130. The maximum Gasteiger partial charge on any atom is 0.0562 e. The van der Waals surface area contributed by atoms with E-state index in [1.54, 1.807) is 0 Å². The molecule has 0 aromatic carbocycles. The van der Waals surface area contributed by atoms with Crippen LogP contribution in [0.2, 0.25) is 0 Å². The lowest BCUT2D eigenvalue weighted by atomic mass is 10.1. The van der Waals surface area contributed by atoms with Gasteiger partial charge in [-0.25, -0.2) is 0 Å². The Bertz CT molecular complexity index is 144. The minimum absolute atomic E-state index is 0.258. The molecule has 1 rings (SSSR count). The second kappa shape index (κ2) is 3.99. The molecule has 0 aliphatic carbocycles. The van der Waals surface area contributed by atoms with E-state index in [1.165, 1.54) is 0 Å². The van der Waals surface area contributed by atoms with Crippen molar-refractivity contribution >= 4 is 11.8 Å². The van der Waals surface area contributed by atoms with Crippen molar-refractivity contribution < 1.29 is 5.11 Å². The molecule has 1 N–H and O–H groups in total. The number of thioether (sulfide) groups is 1. The summed E-state index contributed by atoms with van der Waals surface area (Å²) in [7, 11) is 0. The van der Waals surface area contributed by atoms with Gasteiger partial charge in [0, 0.05) is 29.6 Å². The third kappa shape index (κ3) is 2.64. The molecule has 12 heavy (non-hydrogen) atoms. The van der Waals surface area contributed by atoms with Crippen LogP contribution >= 0.6 is 11.8 Å². The quantitative estimate of drug-likeness (QED) is 0.670. The SMILES string of the molecule is CC(C)(C)N1CCS[C@H](CO)C1. The standard InChI is InChI=1S/C9H19NOS/c1-9(2,3)10-4-5-12-8(6-10)7-11/h8,11H,4-7H2,1-3H3/t8-/m0/s1. The van der Waals surface area contributed by atoms with E-state index in [0.717, 1.165) is 18.8 Å². The van der Waals surface area contributed by atoms with Crippen LogP contribution in [0.25, 0.3) is 0 Å². The topological polar surface area (TPSA) is 23.5 Å². The molecule has 0 aromatic rings. The summed E-state index contributed by atoms with van der Waals surface area (Å²) >= 11 is 1.89. The summed E-state index contributed by atoms with van der Waals surface area (Å²) in [5, 5.41) is 9.46. The highest BCUT2D eigenvalue weighted by molar-refractivity contribution is 8.00. The Balaban J connectivity index is 2.46. The van der Waals surface area contributed by atoms with E-state index < -0.39 is 0 Å². The predicted molar refractivity (Wildman–Crippen MR) is 54.7 cm³/mol. The molecule has 0 radical (unpaired) electrons. The molecular formula is C9H19NOS. The Labute approximate surface area is 79.3 Å². The number of aliphatic hydroxyl groups excluding tert-OH is 1. The highest BCUT2D eigenvalue weighted by Crippen LogP contribution is 2.23. The summed E-state index contributed by atoms with van der Waals surface area (Å²) in [5.41, 5.74) is 0.258. The van der Waals surface area contributed by atoms with E-state index in [4.69, 9.17) is 5.11 Å². The molecule has 0 aromatic heterocycles. The summed E-state index contributed by atoms with van der Waals surface area (Å²) in [6.07, 6.45) is 0. The molecule has 72 valence electrons. The van der Waals surface area contributed by atoms with E-state index >= 15 is 0 Å². The molecular weight excluding hydrogens is 170 g/mol. The summed E-state index contributed by atoms with van der Waals surface area (Å²) in [4.78, 5) is 2.45. The van der Waals surface area contributed by atoms with Crippen LogP contribution in [-0.2, 0) is 0 Å². The highest BCUT2D eigenvalue weighted by Gasteiger charge is 2.27. The van der Waals surface area contributed by atoms with Crippen LogP contribution in [0.4, 0.5) is 0 Å². The van der Waals surface area contributed by atoms with Crippen LogP contribution in [0, 0.1) is 0 Å². The van der Waals surface area contributed by atoms with E-state index in [0.29, 0.717) is 11.9 Å². The van der Waals surface area contributed by atoms with E-state index in [2.05, 4.69) is 25.7 Å². The van der Waals surface area contributed by atoms with Gasteiger partial charge in [-0.1, -0.05) is 0 Å². The number of aliphatic hydroxyl groups is 1. The van der Waals surface area contributed by atoms with Crippen molar-refractivity contribution in [1.82, 2.24) is 4.90 Å². The first kappa shape index (κ1) is 10.4. The fourth-order valence-electron chi connectivity index (χ4n) is 1.44. The summed E-state index contributed by atoms with van der Waals surface area (Å²) in [6.45, 7) is 9.21. The number of hydrogen-bond acceptors (Lipinski definition) is 3. The van der Waals surface area contributed by atoms with Crippen molar-refractivity contribution in [1.29, 1.82) is 0 Å². The van der Waals surface area contributed by atoms with E-state index in [-0.39, 0.29) is 5.54 Å². The summed E-state index contributed by atoms with van der Waals surface area (Å²) in [6, 6.07) is 0. The fourth-order valence-corrected chi connectivity index (χ4v) is 2.49. The van der Waals surface area contributed by atoms with Gasteiger partial charge in [0.15, 0.2) is 0 Å². The number of rotatable bonds is 1. The van der Waals surface area contributed by atoms with Gasteiger partial charge in [0.1, 0.15) is 0 Å². The smallest absolute Gasteiger partial charge is 0.0562 e. The van der Waals surface area contributed by atoms with Gasteiger partial charge in [0.2, 0.25) is 0 Å². The maximum absolute atomic E-state index is 9.03. The van der Waals surface area contributed by atoms with Crippen LogP contribution in [0.5, 0.6) is 0 Å². The molecule has 1 atom stereocenters. The van der Waals surface area contributed by atoms with Gasteiger partial charge >= 0.3 is 0 Å². The molecule has 3 heteroatoms. The van der Waals surface area contributed by atoms with E-state index in [1.807, 2.05) is 11.8 Å². The third-order valence-corrected chi connectivity index (χ3v) is 3.48. The predicted octanol–water partition coefficient (Wildman–Crippen LogP) is 1.19. The van der Waals surface area contributed by atoms with Gasteiger partial charge in [-0.2, -0.15) is 11.8 Å². The van der Waals surface area contributed by atoms with Crippen LogP contribution in [0.15, 0.2) is 0 Å². The van der Waals surface area contributed by atoms with Crippen molar-refractivity contribution in [3.63, 3.8) is 0 Å². The van der Waals surface area contributed by atoms with Crippen molar-refractivity contribution in [2.75, 3.05) is 25.4 Å². The Morgan fingerprint density at radius 3 is 2.67 bits per heavy atom. The van der Waals surface area contributed by atoms with Gasteiger partial charge in [-0.15, -0.1) is 0 Å². The Morgan fingerprint density at radius 1 is 1.50 bits per heavy atom. The van der Waals surface area contributed by atoms with Crippen LogP contribution in [0.3, 0.4) is 0 Å². The third-order valence-electron chi connectivity index (χ3n) is 2.29. The summed E-state index contributed by atoms with van der Waals surface area (Å²) < 4.78 is 0.